The number of carbonyl (C=O) groups excluding carboxylic acids is 2. The van der Waals surface area contributed by atoms with Crippen molar-refractivity contribution in [3.63, 3.8) is 0 Å². The van der Waals surface area contributed by atoms with Gasteiger partial charge >= 0.3 is 0 Å². The van der Waals surface area contributed by atoms with E-state index < -0.39 is 6.04 Å². The van der Waals surface area contributed by atoms with Crippen LogP contribution >= 0.6 is 0 Å². The molecule has 0 aliphatic rings. The van der Waals surface area contributed by atoms with Crippen LogP contribution in [0.4, 0.5) is 0 Å². The molecule has 142 valence electrons. The number of hydrogen-bond acceptors (Lipinski definition) is 3. The summed E-state index contributed by atoms with van der Waals surface area (Å²) in [6.07, 6.45) is 2.33. The summed E-state index contributed by atoms with van der Waals surface area (Å²) < 4.78 is 0. The van der Waals surface area contributed by atoms with Crippen molar-refractivity contribution in [1.82, 2.24) is 16.0 Å². The molecule has 0 aromatic rings. The van der Waals surface area contributed by atoms with E-state index in [2.05, 4.69) is 57.5 Å². The zero-order valence-electron chi connectivity index (χ0n) is 16.9. The molecule has 2 amide bonds. The van der Waals surface area contributed by atoms with Crippen molar-refractivity contribution in [3.05, 3.63) is 0 Å². The number of rotatable bonds is 11. The second-order valence-electron chi connectivity index (χ2n) is 8.20. The lowest BCUT2D eigenvalue weighted by atomic mass is 9.99. The predicted octanol–water partition coefficient (Wildman–Crippen LogP) is 2.70. The number of hydrogen-bond donors (Lipinski definition) is 3. The van der Waals surface area contributed by atoms with Gasteiger partial charge in [0.05, 0.1) is 6.04 Å². The van der Waals surface area contributed by atoms with Crippen molar-refractivity contribution in [2.45, 2.75) is 85.9 Å². The third kappa shape index (κ3) is 9.91. The smallest absolute Gasteiger partial charge is 0.242 e. The molecule has 0 aliphatic carbocycles. The lowest BCUT2D eigenvalue weighted by Crippen LogP contribution is -2.54. The number of nitrogens with one attached hydrogen (secondary N) is 3. The van der Waals surface area contributed by atoms with Crippen LogP contribution in [-0.4, -0.2) is 37.0 Å². The van der Waals surface area contributed by atoms with E-state index in [1.54, 1.807) is 7.05 Å². The van der Waals surface area contributed by atoms with Gasteiger partial charge in [-0.2, -0.15) is 0 Å². The lowest BCUT2D eigenvalue weighted by Gasteiger charge is -2.26. The Morgan fingerprint density at radius 3 is 1.50 bits per heavy atom. The molecule has 0 aromatic heterocycles. The summed E-state index contributed by atoms with van der Waals surface area (Å²) in [5, 5.41) is 9.05. The van der Waals surface area contributed by atoms with Crippen LogP contribution in [0.1, 0.15) is 67.7 Å². The molecule has 3 N–H and O–H groups in total. The fraction of sp³-hybridized carbons (Fsp3) is 0.895. The highest BCUT2D eigenvalue weighted by Crippen LogP contribution is 2.10. The van der Waals surface area contributed by atoms with Crippen LogP contribution in [0.2, 0.25) is 0 Å². The highest BCUT2D eigenvalue weighted by atomic mass is 16.2. The molecule has 0 saturated carbocycles. The molecule has 0 saturated heterocycles. The zero-order valence-corrected chi connectivity index (χ0v) is 16.9. The maximum Gasteiger partial charge on any atom is 0.242 e. The Bertz CT molecular complexity index is 381. The fourth-order valence-electron chi connectivity index (χ4n) is 2.91. The van der Waals surface area contributed by atoms with Crippen molar-refractivity contribution in [1.29, 1.82) is 0 Å². The predicted molar refractivity (Wildman–Crippen MR) is 101 cm³/mol. The number of likely N-dealkylation sites (N-methyl/N-ethyl adjacent to an activating group) is 1. The Balaban J connectivity index is 4.86. The van der Waals surface area contributed by atoms with Gasteiger partial charge in [0.25, 0.3) is 0 Å². The van der Waals surface area contributed by atoms with E-state index in [0.717, 1.165) is 12.8 Å². The highest BCUT2D eigenvalue weighted by Gasteiger charge is 2.26. The van der Waals surface area contributed by atoms with Gasteiger partial charge in [0.15, 0.2) is 0 Å². The first-order valence-corrected chi connectivity index (χ1v) is 9.34. The second-order valence-corrected chi connectivity index (χ2v) is 8.20. The molecule has 5 nitrogen and oxygen atoms in total. The molecule has 3 unspecified atom stereocenters. The van der Waals surface area contributed by atoms with Gasteiger partial charge in [0.2, 0.25) is 11.8 Å². The summed E-state index contributed by atoms with van der Waals surface area (Å²) >= 11 is 0. The van der Waals surface area contributed by atoms with Gasteiger partial charge in [-0.25, -0.2) is 0 Å². The van der Waals surface area contributed by atoms with E-state index in [0.29, 0.717) is 24.2 Å². The van der Waals surface area contributed by atoms with Crippen molar-refractivity contribution in [3.8, 4) is 0 Å². The molecule has 0 bridgehead atoms. The molecular formula is C19H39N3O2. The van der Waals surface area contributed by atoms with E-state index in [1.165, 1.54) is 0 Å². The summed E-state index contributed by atoms with van der Waals surface area (Å²) in [5.41, 5.74) is 0. The second kappa shape index (κ2) is 11.5. The molecule has 0 spiro atoms. The summed E-state index contributed by atoms with van der Waals surface area (Å²) in [6.45, 7) is 14.6. The minimum atomic E-state index is -0.477. The minimum Gasteiger partial charge on any atom is -0.352 e. The topological polar surface area (TPSA) is 70.2 Å². The van der Waals surface area contributed by atoms with E-state index >= 15 is 0 Å². The maximum atomic E-state index is 12.6. The maximum absolute atomic E-state index is 12.6. The Hall–Kier alpha value is -1.10. The number of carbonyl (C=O) groups is 2. The zero-order chi connectivity index (χ0) is 18.9. The monoisotopic (exact) mass is 341 g/mol. The normalized spacial score (nSPS) is 15.5. The van der Waals surface area contributed by atoms with Crippen molar-refractivity contribution < 1.29 is 9.59 Å². The summed E-state index contributed by atoms with van der Waals surface area (Å²) in [5.74, 6) is 1.10. The first-order chi connectivity index (χ1) is 11.1. The van der Waals surface area contributed by atoms with Gasteiger partial charge in [0, 0.05) is 6.04 Å². The third-order valence-corrected chi connectivity index (χ3v) is 3.93. The Labute approximate surface area is 148 Å². The molecule has 0 radical (unpaired) electrons. The van der Waals surface area contributed by atoms with Gasteiger partial charge in [-0.3, -0.25) is 9.59 Å². The fourth-order valence-corrected chi connectivity index (χ4v) is 2.91. The third-order valence-electron chi connectivity index (χ3n) is 3.93. The molecule has 0 fully saturated rings. The van der Waals surface area contributed by atoms with Crippen LogP contribution in [0.3, 0.4) is 0 Å². The molecule has 0 aliphatic heterocycles. The van der Waals surface area contributed by atoms with Crippen LogP contribution in [0, 0.1) is 17.8 Å². The van der Waals surface area contributed by atoms with Crippen LogP contribution in [0.25, 0.3) is 0 Å². The van der Waals surface area contributed by atoms with Crippen molar-refractivity contribution >= 4 is 11.8 Å². The molecular weight excluding hydrogens is 302 g/mol. The van der Waals surface area contributed by atoms with Crippen molar-refractivity contribution in [2.75, 3.05) is 7.05 Å². The van der Waals surface area contributed by atoms with E-state index in [9.17, 15) is 9.59 Å². The molecule has 0 heterocycles. The van der Waals surface area contributed by atoms with E-state index in [1.807, 2.05) is 6.92 Å². The molecule has 0 aromatic carbocycles. The quantitative estimate of drug-likeness (QED) is 0.541. The summed E-state index contributed by atoms with van der Waals surface area (Å²) in [7, 11) is 1.79. The van der Waals surface area contributed by atoms with Gasteiger partial charge < -0.3 is 16.0 Å². The first-order valence-electron chi connectivity index (χ1n) is 9.34. The Morgan fingerprint density at radius 1 is 0.667 bits per heavy atom. The van der Waals surface area contributed by atoms with E-state index in [-0.39, 0.29) is 23.9 Å². The van der Waals surface area contributed by atoms with Gasteiger partial charge in [-0.1, -0.05) is 41.5 Å². The van der Waals surface area contributed by atoms with Gasteiger partial charge in [-0.05, 0) is 51.0 Å². The summed E-state index contributed by atoms with van der Waals surface area (Å²) in [4.78, 5) is 25.1. The van der Waals surface area contributed by atoms with Crippen LogP contribution < -0.4 is 16.0 Å². The SMILES string of the molecule is CNC(CC(C)C)C(=O)NC(CC(C)C)C(=O)NC(C)CC(C)C. The standard InChI is InChI=1S/C19H39N3O2/c1-12(2)9-15(7)21-19(24)17(11-14(5)6)22-18(23)16(20-8)10-13(3)4/h12-17,20H,9-11H2,1-8H3,(H,21,24)(H,22,23). The van der Waals surface area contributed by atoms with E-state index in [4.69, 9.17) is 0 Å². The van der Waals surface area contributed by atoms with Crippen LogP contribution in [0.5, 0.6) is 0 Å². The Morgan fingerprint density at radius 2 is 1.08 bits per heavy atom. The van der Waals surface area contributed by atoms with Crippen LogP contribution in [0.15, 0.2) is 0 Å². The molecule has 5 heteroatoms. The Kier molecular flexibility index (Phi) is 10.9. The van der Waals surface area contributed by atoms with Gasteiger partial charge in [0.1, 0.15) is 6.04 Å². The first kappa shape index (κ1) is 22.9. The average molecular weight is 342 g/mol. The van der Waals surface area contributed by atoms with Gasteiger partial charge in [-0.15, -0.1) is 0 Å². The number of amides is 2. The van der Waals surface area contributed by atoms with Crippen molar-refractivity contribution in [2.24, 2.45) is 17.8 Å². The minimum absolute atomic E-state index is 0.0791. The average Bonchev–Trinajstić information content (AvgIpc) is 2.41. The molecule has 0 rings (SSSR count). The summed E-state index contributed by atoms with van der Waals surface area (Å²) in [6, 6.07) is -0.629. The largest absolute Gasteiger partial charge is 0.352 e. The highest BCUT2D eigenvalue weighted by molar-refractivity contribution is 5.89. The molecule has 24 heavy (non-hydrogen) atoms. The lowest BCUT2D eigenvalue weighted by molar-refractivity contribution is -0.131. The van der Waals surface area contributed by atoms with Crippen LogP contribution in [-0.2, 0) is 9.59 Å². The molecule has 3 atom stereocenters.